The van der Waals surface area contributed by atoms with Crippen LogP contribution < -0.4 is 10.6 Å². The van der Waals surface area contributed by atoms with Gasteiger partial charge in [-0.15, -0.1) is 11.3 Å². The van der Waals surface area contributed by atoms with E-state index in [1.165, 1.54) is 17.6 Å². The monoisotopic (exact) mass is 381 g/mol. The van der Waals surface area contributed by atoms with Crippen molar-refractivity contribution in [3.63, 3.8) is 0 Å². The van der Waals surface area contributed by atoms with Crippen LogP contribution in [0, 0.1) is 0 Å². The van der Waals surface area contributed by atoms with Crippen molar-refractivity contribution in [3.05, 3.63) is 21.3 Å². The molecule has 132 valence electrons. The molecule has 0 fully saturated rings. The van der Waals surface area contributed by atoms with E-state index in [4.69, 9.17) is 11.6 Å². The van der Waals surface area contributed by atoms with E-state index in [-0.39, 0.29) is 18.3 Å². The van der Waals surface area contributed by atoms with Gasteiger partial charge in [-0.05, 0) is 32.4 Å². The number of halogens is 1. The number of hydrogen-bond donors (Lipinski definition) is 3. The number of aliphatic imine (C=N–C) groups is 1. The number of sulfone groups is 1. The minimum Gasteiger partial charge on any atom is -0.386 e. The summed E-state index contributed by atoms with van der Waals surface area (Å²) in [5.41, 5.74) is 0. The van der Waals surface area contributed by atoms with Gasteiger partial charge in [0.25, 0.3) is 0 Å². The van der Waals surface area contributed by atoms with Gasteiger partial charge >= 0.3 is 0 Å². The smallest absolute Gasteiger partial charge is 0.191 e. The first-order valence-electron chi connectivity index (χ1n) is 7.37. The van der Waals surface area contributed by atoms with Crippen LogP contribution in [0.2, 0.25) is 4.34 Å². The second-order valence-electron chi connectivity index (χ2n) is 5.34. The molecule has 0 aliphatic rings. The van der Waals surface area contributed by atoms with Crippen molar-refractivity contribution >= 4 is 38.7 Å². The number of aliphatic hydroxyl groups excluding tert-OH is 1. The van der Waals surface area contributed by atoms with Gasteiger partial charge in [-0.25, -0.2) is 8.42 Å². The van der Waals surface area contributed by atoms with Gasteiger partial charge in [0.15, 0.2) is 5.96 Å². The Labute approximate surface area is 146 Å². The van der Waals surface area contributed by atoms with Crippen LogP contribution in [0.1, 0.15) is 31.2 Å². The van der Waals surface area contributed by atoms with Crippen LogP contribution in [0.3, 0.4) is 0 Å². The summed E-state index contributed by atoms with van der Waals surface area (Å²) in [5, 5.41) is 16.3. The number of nitrogens with one attached hydrogen (secondary N) is 2. The highest BCUT2D eigenvalue weighted by atomic mass is 35.5. The molecule has 0 aromatic carbocycles. The maximum absolute atomic E-state index is 11.2. The van der Waals surface area contributed by atoms with Crippen molar-refractivity contribution in [3.8, 4) is 0 Å². The molecule has 9 heteroatoms. The van der Waals surface area contributed by atoms with Crippen molar-refractivity contribution < 1.29 is 13.5 Å². The highest BCUT2D eigenvalue weighted by Gasteiger charge is 2.12. The van der Waals surface area contributed by atoms with Crippen LogP contribution in [0.15, 0.2) is 17.1 Å². The Morgan fingerprint density at radius 2 is 2.17 bits per heavy atom. The molecule has 6 nitrogen and oxygen atoms in total. The lowest BCUT2D eigenvalue weighted by molar-refractivity contribution is 0.191. The van der Waals surface area contributed by atoms with E-state index in [0.29, 0.717) is 23.3 Å². The summed E-state index contributed by atoms with van der Waals surface area (Å²) in [6.07, 6.45) is 1.00. The standard InChI is InChI=1S/C14H24ClN3O3S2/c1-4-16-14(18-10(2)7-8-23(3,20)21)17-9-11(19)12-5-6-13(15)22-12/h5-6,10-11,19H,4,7-9H2,1-3H3,(H2,16,17,18). The van der Waals surface area contributed by atoms with E-state index in [1.807, 2.05) is 13.8 Å². The largest absolute Gasteiger partial charge is 0.386 e. The predicted octanol–water partition coefficient (Wildman–Crippen LogP) is 1.81. The quantitative estimate of drug-likeness (QED) is 0.472. The minimum atomic E-state index is -2.98. The van der Waals surface area contributed by atoms with E-state index >= 15 is 0 Å². The molecule has 1 aromatic heterocycles. The Hall–Kier alpha value is -0.830. The Bertz CT molecular complexity index is 617. The normalized spacial score (nSPS) is 15.3. The van der Waals surface area contributed by atoms with Gasteiger partial charge in [0.2, 0.25) is 0 Å². The van der Waals surface area contributed by atoms with Gasteiger partial charge in [-0.3, -0.25) is 4.99 Å². The van der Waals surface area contributed by atoms with Crippen molar-refractivity contribution in [2.45, 2.75) is 32.4 Å². The van der Waals surface area contributed by atoms with Crippen LogP contribution in [0.5, 0.6) is 0 Å². The Morgan fingerprint density at radius 1 is 1.48 bits per heavy atom. The molecule has 0 amide bonds. The molecule has 1 aromatic rings. The Morgan fingerprint density at radius 3 is 2.70 bits per heavy atom. The van der Waals surface area contributed by atoms with Crippen molar-refractivity contribution in [2.24, 2.45) is 4.99 Å². The Balaban J connectivity index is 2.58. The third-order valence-electron chi connectivity index (χ3n) is 2.99. The first kappa shape index (κ1) is 20.2. The van der Waals surface area contributed by atoms with Gasteiger partial charge in [-0.2, -0.15) is 0 Å². The average Bonchev–Trinajstić information content (AvgIpc) is 2.88. The topological polar surface area (TPSA) is 90.8 Å². The van der Waals surface area contributed by atoms with Crippen LogP contribution in [-0.4, -0.2) is 50.6 Å². The molecule has 0 bridgehead atoms. The van der Waals surface area contributed by atoms with E-state index in [1.54, 1.807) is 12.1 Å². The molecular weight excluding hydrogens is 358 g/mol. The summed E-state index contributed by atoms with van der Waals surface area (Å²) in [6, 6.07) is 3.48. The minimum absolute atomic E-state index is 0.0455. The molecule has 23 heavy (non-hydrogen) atoms. The van der Waals surface area contributed by atoms with Crippen LogP contribution in [0.4, 0.5) is 0 Å². The molecule has 0 aliphatic carbocycles. The number of guanidine groups is 1. The van der Waals surface area contributed by atoms with Crippen LogP contribution in [0.25, 0.3) is 0 Å². The third-order valence-corrected chi connectivity index (χ3v) is 5.30. The van der Waals surface area contributed by atoms with Crippen LogP contribution >= 0.6 is 22.9 Å². The molecule has 2 atom stereocenters. The fourth-order valence-corrected chi connectivity index (χ4v) is 3.61. The summed E-state index contributed by atoms with van der Waals surface area (Å²) in [6.45, 7) is 4.71. The summed E-state index contributed by atoms with van der Waals surface area (Å²) in [5.74, 6) is 0.673. The maximum Gasteiger partial charge on any atom is 0.191 e. The number of hydrogen-bond acceptors (Lipinski definition) is 5. The SMILES string of the molecule is CCNC(=NCC(O)c1ccc(Cl)s1)NC(C)CCS(C)(=O)=O. The lowest BCUT2D eigenvalue weighted by atomic mass is 10.2. The van der Waals surface area contributed by atoms with Crippen molar-refractivity contribution in [1.29, 1.82) is 0 Å². The summed E-state index contributed by atoms with van der Waals surface area (Å²) in [4.78, 5) is 5.11. The molecule has 0 saturated heterocycles. The molecular formula is C14H24ClN3O3S2. The molecule has 0 spiro atoms. The van der Waals surface area contributed by atoms with Gasteiger partial charge in [0, 0.05) is 23.7 Å². The van der Waals surface area contributed by atoms with E-state index < -0.39 is 15.9 Å². The molecule has 2 unspecified atom stereocenters. The molecule has 0 radical (unpaired) electrons. The number of aliphatic hydroxyl groups is 1. The lowest BCUT2D eigenvalue weighted by Crippen LogP contribution is -2.43. The zero-order valence-corrected chi connectivity index (χ0v) is 15.9. The molecule has 1 rings (SSSR count). The number of thiophene rings is 1. The van der Waals surface area contributed by atoms with E-state index in [0.717, 1.165) is 4.88 Å². The molecule has 0 saturated carbocycles. The van der Waals surface area contributed by atoms with Gasteiger partial charge in [0.05, 0.1) is 16.6 Å². The third kappa shape index (κ3) is 8.55. The summed E-state index contributed by atoms with van der Waals surface area (Å²) < 4.78 is 23.0. The maximum atomic E-state index is 11.2. The second-order valence-corrected chi connectivity index (χ2v) is 9.35. The highest BCUT2D eigenvalue weighted by molar-refractivity contribution is 7.90. The summed E-state index contributed by atoms with van der Waals surface area (Å²) >= 11 is 7.18. The van der Waals surface area contributed by atoms with E-state index in [2.05, 4.69) is 15.6 Å². The first-order valence-corrected chi connectivity index (χ1v) is 10.6. The summed E-state index contributed by atoms with van der Waals surface area (Å²) in [7, 11) is -2.98. The number of rotatable bonds is 8. The van der Waals surface area contributed by atoms with Crippen LogP contribution in [-0.2, 0) is 9.84 Å². The van der Waals surface area contributed by atoms with Crippen molar-refractivity contribution in [1.82, 2.24) is 10.6 Å². The Kier molecular flexibility index (Phi) is 8.32. The fraction of sp³-hybridized carbons (Fsp3) is 0.643. The predicted molar refractivity (Wildman–Crippen MR) is 97.2 cm³/mol. The van der Waals surface area contributed by atoms with Gasteiger partial charge < -0.3 is 15.7 Å². The van der Waals surface area contributed by atoms with Gasteiger partial charge in [0.1, 0.15) is 15.9 Å². The fourth-order valence-electron chi connectivity index (χ4n) is 1.79. The van der Waals surface area contributed by atoms with E-state index in [9.17, 15) is 13.5 Å². The number of nitrogens with zero attached hydrogens (tertiary/aromatic N) is 1. The zero-order chi connectivity index (χ0) is 17.5. The lowest BCUT2D eigenvalue weighted by Gasteiger charge is -2.18. The average molecular weight is 382 g/mol. The van der Waals surface area contributed by atoms with Crippen molar-refractivity contribution in [2.75, 3.05) is 25.1 Å². The molecule has 0 aliphatic heterocycles. The molecule has 3 N–H and O–H groups in total. The highest BCUT2D eigenvalue weighted by Crippen LogP contribution is 2.26. The zero-order valence-electron chi connectivity index (χ0n) is 13.5. The second kappa shape index (κ2) is 9.46. The molecule has 1 heterocycles. The first-order chi connectivity index (χ1) is 10.7. The van der Waals surface area contributed by atoms with Gasteiger partial charge in [-0.1, -0.05) is 11.6 Å².